The second-order valence-electron chi connectivity index (χ2n) is 5.94. The summed E-state index contributed by atoms with van der Waals surface area (Å²) in [6.07, 6.45) is 0. The van der Waals surface area contributed by atoms with Crippen LogP contribution >= 0.6 is 0 Å². The molecule has 3 rings (SSSR count). The van der Waals surface area contributed by atoms with Crippen LogP contribution in [0.4, 0.5) is 17.1 Å². The van der Waals surface area contributed by atoms with Crippen LogP contribution in [-0.4, -0.2) is 28.3 Å². The molecule has 0 unspecified atom stereocenters. The van der Waals surface area contributed by atoms with Crippen LogP contribution in [0.1, 0.15) is 0 Å². The standard InChI is InChI=1S/C18H12AsN3O7/c23-19(13-4-1-7-16(10-13)20(24)25,14-5-2-8-17(11-14)21(26)27)15-6-3-9-18(12-15)22(28)29/h1-12H. The first kappa shape index (κ1) is 20.0. The number of nitrogens with zero attached hydrogens (tertiary/aromatic N) is 3. The average Bonchev–Trinajstić information content (AvgIpc) is 2.73. The monoisotopic (exact) mass is 457 g/mol. The van der Waals surface area contributed by atoms with Gasteiger partial charge in [0.05, 0.1) is 0 Å². The minimum absolute atomic E-state index is 0.0957. The van der Waals surface area contributed by atoms with Crippen molar-refractivity contribution in [1.82, 2.24) is 0 Å². The summed E-state index contributed by atoms with van der Waals surface area (Å²) in [5.41, 5.74) is -0.917. The topological polar surface area (TPSA) is 146 Å². The molecule has 0 aliphatic heterocycles. The number of hydrogen-bond donors (Lipinski definition) is 0. The van der Waals surface area contributed by atoms with Gasteiger partial charge in [-0.2, -0.15) is 0 Å². The molecule has 0 saturated carbocycles. The summed E-state index contributed by atoms with van der Waals surface area (Å²) in [6.45, 7) is 0. The summed E-state index contributed by atoms with van der Waals surface area (Å²) in [5, 5.41) is 33.6. The zero-order chi connectivity index (χ0) is 21.2. The van der Waals surface area contributed by atoms with Gasteiger partial charge in [0.25, 0.3) is 0 Å². The zero-order valence-corrected chi connectivity index (χ0v) is 16.5. The van der Waals surface area contributed by atoms with Crippen LogP contribution in [0, 0.1) is 30.3 Å². The van der Waals surface area contributed by atoms with Gasteiger partial charge in [-0.15, -0.1) is 0 Å². The SMILES string of the molecule is O=[N+]([O-])c1cccc([As](=O)(c2cccc([N+](=O)[O-])c2)c2cccc([N+](=O)[O-])c2)c1. The molecular formula is C18H12AsN3O7. The summed E-state index contributed by atoms with van der Waals surface area (Å²) in [7, 11) is 0. The molecule has 0 saturated heterocycles. The molecular weight excluding hydrogens is 445 g/mol. The Balaban J connectivity index is 2.34. The summed E-state index contributed by atoms with van der Waals surface area (Å²) >= 11 is -4.73. The first-order chi connectivity index (χ1) is 13.7. The summed E-state index contributed by atoms with van der Waals surface area (Å²) in [5.74, 6) is 0. The van der Waals surface area contributed by atoms with Gasteiger partial charge in [0.2, 0.25) is 0 Å². The van der Waals surface area contributed by atoms with Gasteiger partial charge >= 0.3 is 165 Å². The Hall–Kier alpha value is -3.78. The van der Waals surface area contributed by atoms with E-state index in [9.17, 15) is 34.1 Å². The second kappa shape index (κ2) is 7.68. The summed E-state index contributed by atoms with van der Waals surface area (Å²) < 4.78 is 14.6. The van der Waals surface area contributed by atoms with Crippen LogP contribution in [0.15, 0.2) is 72.8 Å². The molecule has 0 atom stereocenters. The molecule has 0 aliphatic rings. The normalized spacial score (nSPS) is 11.0. The van der Waals surface area contributed by atoms with E-state index in [0.29, 0.717) is 0 Å². The van der Waals surface area contributed by atoms with Crippen molar-refractivity contribution in [2.45, 2.75) is 0 Å². The molecule has 0 spiro atoms. The predicted molar refractivity (Wildman–Crippen MR) is 105 cm³/mol. The molecule has 10 nitrogen and oxygen atoms in total. The predicted octanol–water partition coefficient (Wildman–Crippen LogP) is 1.81. The van der Waals surface area contributed by atoms with Gasteiger partial charge in [-0.1, -0.05) is 0 Å². The Kier molecular flexibility index (Phi) is 5.29. The van der Waals surface area contributed by atoms with Gasteiger partial charge < -0.3 is 0 Å². The molecule has 146 valence electrons. The molecule has 0 heterocycles. The molecule has 0 amide bonds. The van der Waals surface area contributed by atoms with Crippen molar-refractivity contribution in [3.05, 3.63) is 103 Å². The third kappa shape index (κ3) is 3.78. The Morgan fingerprint density at radius 2 is 0.828 bits per heavy atom. The third-order valence-electron chi connectivity index (χ3n) is 4.21. The van der Waals surface area contributed by atoms with Crippen molar-refractivity contribution in [3.63, 3.8) is 0 Å². The van der Waals surface area contributed by atoms with E-state index in [1.165, 1.54) is 54.6 Å². The molecule has 0 aromatic heterocycles. The zero-order valence-electron chi connectivity index (χ0n) is 14.6. The molecule has 0 N–H and O–H groups in total. The van der Waals surface area contributed by atoms with Gasteiger partial charge in [-0.25, -0.2) is 0 Å². The minimum atomic E-state index is -4.73. The van der Waals surface area contributed by atoms with E-state index >= 15 is 0 Å². The first-order valence-corrected chi connectivity index (χ1v) is 11.7. The van der Waals surface area contributed by atoms with Crippen molar-refractivity contribution in [2.75, 3.05) is 0 Å². The number of non-ortho nitro benzene ring substituents is 3. The Morgan fingerprint density at radius 3 is 1.07 bits per heavy atom. The van der Waals surface area contributed by atoms with E-state index in [1.54, 1.807) is 0 Å². The fourth-order valence-electron chi connectivity index (χ4n) is 2.85. The van der Waals surface area contributed by atoms with Crippen molar-refractivity contribution in [3.8, 4) is 0 Å². The number of benzene rings is 3. The van der Waals surface area contributed by atoms with Crippen molar-refractivity contribution < 1.29 is 18.5 Å². The van der Waals surface area contributed by atoms with E-state index in [1.807, 2.05) is 0 Å². The molecule has 0 aliphatic carbocycles. The van der Waals surface area contributed by atoms with Crippen LogP contribution in [0.5, 0.6) is 0 Å². The molecule has 29 heavy (non-hydrogen) atoms. The summed E-state index contributed by atoms with van der Waals surface area (Å²) in [6, 6.07) is 15.4. The average molecular weight is 457 g/mol. The summed E-state index contributed by atoms with van der Waals surface area (Å²) in [4.78, 5) is 31.6. The number of nitro benzene ring substituents is 3. The van der Waals surface area contributed by atoms with E-state index in [2.05, 4.69) is 0 Å². The maximum absolute atomic E-state index is 14.3. The van der Waals surface area contributed by atoms with Gasteiger partial charge in [-0.05, 0) is 0 Å². The van der Waals surface area contributed by atoms with Crippen LogP contribution < -0.4 is 13.1 Å². The van der Waals surface area contributed by atoms with Crippen LogP contribution in [-0.2, 0) is 3.74 Å². The molecule has 0 radical (unpaired) electrons. The molecule has 0 bridgehead atoms. The fraction of sp³-hybridized carbons (Fsp3) is 0. The Bertz CT molecular complexity index is 1050. The molecule has 11 heteroatoms. The maximum atomic E-state index is 14.3. The molecule has 3 aromatic carbocycles. The Morgan fingerprint density at radius 1 is 0.552 bits per heavy atom. The number of hydrogen-bond acceptors (Lipinski definition) is 7. The van der Waals surface area contributed by atoms with E-state index < -0.39 is 28.3 Å². The van der Waals surface area contributed by atoms with E-state index in [-0.39, 0.29) is 30.1 Å². The van der Waals surface area contributed by atoms with Gasteiger partial charge in [0.1, 0.15) is 0 Å². The van der Waals surface area contributed by atoms with Gasteiger partial charge in [-0.3, -0.25) is 0 Å². The van der Waals surface area contributed by atoms with Crippen molar-refractivity contribution in [2.24, 2.45) is 0 Å². The fourth-order valence-corrected chi connectivity index (χ4v) is 8.57. The van der Waals surface area contributed by atoms with Gasteiger partial charge in [0, 0.05) is 0 Å². The number of rotatable bonds is 6. The second-order valence-corrected chi connectivity index (χ2v) is 11.7. The van der Waals surface area contributed by atoms with Crippen LogP contribution in [0.25, 0.3) is 0 Å². The van der Waals surface area contributed by atoms with E-state index in [0.717, 1.165) is 18.2 Å². The van der Waals surface area contributed by atoms with E-state index in [4.69, 9.17) is 0 Å². The van der Waals surface area contributed by atoms with Crippen molar-refractivity contribution >= 4 is 43.6 Å². The third-order valence-corrected chi connectivity index (χ3v) is 10.5. The van der Waals surface area contributed by atoms with Crippen LogP contribution in [0.3, 0.4) is 0 Å². The van der Waals surface area contributed by atoms with Crippen molar-refractivity contribution in [1.29, 1.82) is 0 Å². The van der Waals surface area contributed by atoms with Crippen LogP contribution in [0.2, 0.25) is 0 Å². The quantitative estimate of drug-likeness (QED) is 0.312. The molecule has 3 aromatic rings. The first-order valence-electron chi connectivity index (χ1n) is 8.08. The van der Waals surface area contributed by atoms with Gasteiger partial charge in [0.15, 0.2) is 0 Å². The Labute approximate surface area is 165 Å². The molecule has 0 fully saturated rings. The number of nitro groups is 3.